The largest absolute Gasteiger partial charge is 0.497 e. The average molecular weight is 418 g/mol. The van der Waals surface area contributed by atoms with Gasteiger partial charge in [0.2, 0.25) is 0 Å². The van der Waals surface area contributed by atoms with Crippen LogP contribution in [0.3, 0.4) is 0 Å². The molecular formula is C22H28F2N4O2. The van der Waals surface area contributed by atoms with Crippen molar-refractivity contribution in [3.63, 3.8) is 0 Å². The smallest absolute Gasteiger partial charge is 0.191 e. The number of methoxy groups -OCH3 is 2. The highest BCUT2D eigenvalue weighted by Gasteiger charge is 2.24. The Balaban J connectivity index is 1.53. The molecule has 0 bridgehead atoms. The molecule has 1 saturated heterocycles. The van der Waals surface area contributed by atoms with E-state index in [9.17, 15) is 8.78 Å². The summed E-state index contributed by atoms with van der Waals surface area (Å²) in [7, 11) is 4.97. The van der Waals surface area contributed by atoms with Crippen molar-refractivity contribution >= 4 is 11.6 Å². The summed E-state index contributed by atoms with van der Waals surface area (Å²) >= 11 is 0. The van der Waals surface area contributed by atoms with Gasteiger partial charge in [0, 0.05) is 56.6 Å². The number of anilines is 1. The van der Waals surface area contributed by atoms with Crippen molar-refractivity contribution in [1.82, 2.24) is 10.6 Å². The van der Waals surface area contributed by atoms with Gasteiger partial charge < -0.3 is 25.0 Å². The van der Waals surface area contributed by atoms with Crippen molar-refractivity contribution < 1.29 is 18.3 Å². The van der Waals surface area contributed by atoms with Crippen LogP contribution in [-0.2, 0) is 6.42 Å². The zero-order chi connectivity index (χ0) is 21.5. The highest BCUT2D eigenvalue weighted by atomic mass is 19.1. The van der Waals surface area contributed by atoms with Crippen LogP contribution in [-0.4, -0.2) is 52.9 Å². The maximum absolute atomic E-state index is 13.8. The number of hydrogen-bond acceptors (Lipinski definition) is 4. The van der Waals surface area contributed by atoms with E-state index in [1.807, 2.05) is 18.2 Å². The lowest BCUT2D eigenvalue weighted by atomic mass is 10.1. The first-order valence-electron chi connectivity index (χ1n) is 9.91. The summed E-state index contributed by atoms with van der Waals surface area (Å²) in [6, 6.07) is 9.54. The monoisotopic (exact) mass is 418 g/mol. The topological polar surface area (TPSA) is 58.1 Å². The number of halogens is 2. The van der Waals surface area contributed by atoms with Crippen molar-refractivity contribution in [2.45, 2.75) is 18.9 Å². The van der Waals surface area contributed by atoms with Crippen LogP contribution in [0.5, 0.6) is 11.5 Å². The number of rotatable bonds is 7. The average Bonchev–Trinajstić information content (AvgIpc) is 3.23. The third-order valence-corrected chi connectivity index (χ3v) is 5.15. The number of ether oxygens (including phenoxy) is 2. The minimum absolute atomic E-state index is 0.208. The molecule has 8 heteroatoms. The molecule has 2 N–H and O–H groups in total. The zero-order valence-electron chi connectivity index (χ0n) is 17.5. The Morgan fingerprint density at radius 1 is 1.13 bits per heavy atom. The molecule has 0 spiro atoms. The number of nitrogens with zero attached hydrogens (tertiary/aromatic N) is 2. The predicted molar refractivity (Wildman–Crippen MR) is 115 cm³/mol. The zero-order valence-corrected chi connectivity index (χ0v) is 17.5. The van der Waals surface area contributed by atoms with Gasteiger partial charge >= 0.3 is 0 Å². The normalized spacial score (nSPS) is 16.5. The Morgan fingerprint density at radius 2 is 1.87 bits per heavy atom. The van der Waals surface area contributed by atoms with E-state index in [4.69, 9.17) is 9.47 Å². The Bertz CT molecular complexity index is 869. The fraction of sp³-hybridized carbons (Fsp3) is 0.409. The second-order valence-corrected chi connectivity index (χ2v) is 7.13. The summed E-state index contributed by atoms with van der Waals surface area (Å²) in [6.45, 7) is 2.14. The fourth-order valence-corrected chi connectivity index (χ4v) is 3.53. The summed E-state index contributed by atoms with van der Waals surface area (Å²) in [6.07, 6.45) is 1.31. The SMILES string of the molecule is CN=C(NCCc1cc(F)ccc1F)NC1CCN(c2cc(OC)cc(OC)c2)C1. The van der Waals surface area contributed by atoms with Crippen molar-refractivity contribution in [3.8, 4) is 11.5 Å². The number of benzene rings is 2. The van der Waals surface area contributed by atoms with Crippen LogP contribution in [0.2, 0.25) is 0 Å². The van der Waals surface area contributed by atoms with Gasteiger partial charge in [-0.2, -0.15) is 0 Å². The Labute approximate surface area is 175 Å². The lowest BCUT2D eigenvalue weighted by Gasteiger charge is -2.21. The Kier molecular flexibility index (Phi) is 7.32. The molecule has 0 aromatic heterocycles. The number of guanidine groups is 1. The second kappa shape index (κ2) is 10.1. The quantitative estimate of drug-likeness (QED) is 0.535. The molecule has 1 heterocycles. The molecular weight excluding hydrogens is 390 g/mol. The molecule has 2 aromatic carbocycles. The van der Waals surface area contributed by atoms with Crippen LogP contribution in [0.4, 0.5) is 14.5 Å². The van der Waals surface area contributed by atoms with Gasteiger partial charge in [-0.25, -0.2) is 8.78 Å². The molecule has 0 saturated carbocycles. The van der Waals surface area contributed by atoms with E-state index in [-0.39, 0.29) is 6.04 Å². The van der Waals surface area contributed by atoms with Crippen LogP contribution in [0.1, 0.15) is 12.0 Å². The number of aliphatic imine (C=N–C) groups is 1. The molecule has 0 radical (unpaired) electrons. The maximum atomic E-state index is 13.8. The van der Waals surface area contributed by atoms with Gasteiger partial charge in [-0.3, -0.25) is 4.99 Å². The fourth-order valence-electron chi connectivity index (χ4n) is 3.53. The molecule has 30 heavy (non-hydrogen) atoms. The van der Waals surface area contributed by atoms with Gasteiger partial charge in [0.25, 0.3) is 0 Å². The third kappa shape index (κ3) is 5.52. The Morgan fingerprint density at radius 3 is 2.53 bits per heavy atom. The van der Waals surface area contributed by atoms with Gasteiger partial charge in [0.15, 0.2) is 5.96 Å². The van der Waals surface area contributed by atoms with Crippen LogP contribution < -0.4 is 25.0 Å². The van der Waals surface area contributed by atoms with Crippen LogP contribution in [0.15, 0.2) is 41.4 Å². The summed E-state index contributed by atoms with van der Waals surface area (Å²) < 4.78 is 37.8. The molecule has 0 amide bonds. The highest BCUT2D eigenvalue weighted by molar-refractivity contribution is 5.80. The Hall–Kier alpha value is -3.03. The summed E-state index contributed by atoms with van der Waals surface area (Å²) in [5.74, 6) is 1.31. The lowest BCUT2D eigenvalue weighted by molar-refractivity contribution is 0.394. The minimum atomic E-state index is -0.436. The molecule has 3 rings (SSSR count). The first kappa shape index (κ1) is 21.7. The summed E-state index contributed by atoms with van der Waals surface area (Å²) in [4.78, 5) is 6.51. The number of nitrogens with one attached hydrogen (secondary N) is 2. The van der Waals surface area contributed by atoms with Gasteiger partial charge in [-0.05, 0) is 36.6 Å². The first-order chi connectivity index (χ1) is 14.5. The lowest BCUT2D eigenvalue weighted by Crippen LogP contribution is -2.45. The van der Waals surface area contributed by atoms with E-state index in [0.717, 1.165) is 48.8 Å². The molecule has 6 nitrogen and oxygen atoms in total. The van der Waals surface area contributed by atoms with Crippen molar-refractivity contribution in [3.05, 3.63) is 53.6 Å². The number of hydrogen-bond donors (Lipinski definition) is 2. The summed E-state index contributed by atoms with van der Waals surface area (Å²) in [5.41, 5.74) is 1.39. The molecule has 0 aliphatic carbocycles. The molecule has 2 aromatic rings. The van der Waals surface area contributed by atoms with Crippen molar-refractivity contribution in [2.75, 3.05) is 45.8 Å². The van der Waals surface area contributed by atoms with E-state index >= 15 is 0 Å². The van der Waals surface area contributed by atoms with Crippen molar-refractivity contribution in [2.24, 2.45) is 4.99 Å². The van der Waals surface area contributed by atoms with E-state index in [1.165, 1.54) is 6.07 Å². The van der Waals surface area contributed by atoms with Gasteiger partial charge in [-0.15, -0.1) is 0 Å². The minimum Gasteiger partial charge on any atom is -0.497 e. The highest BCUT2D eigenvalue weighted by Crippen LogP contribution is 2.30. The molecule has 1 fully saturated rings. The van der Waals surface area contributed by atoms with E-state index < -0.39 is 11.6 Å². The third-order valence-electron chi connectivity index (χ3n) is 5.15. The van der Waals surface area contributed by atoms with Crippen LogP contribution >= 0.6 is 0 Å². The summed E-state index contributed by atoms with van der Waals surface area (Å²) in [5, 5.41) is 6.58. The van der Waals surface area contributed by atoms with E-state index in [0.29, 0.717) is 24.5 Å². The molecule has 162 valence electrons. The molecule has 1 unspecified atom stereocenters. The van der Waals surface area contributed by atoms with Crippen molar-refractivity contribution in [1.29, 1.82) is 0 Å². The van der Waals surface area contributed by atoms with Crippen LogP contribution in [0, 0.1) is 11.6 Å². The van der Waals surface area contributed by atoms with Gasteiger partial charge in [0.1, 0.15) is 23.1 Å². The van der Waals surface area contributed by atoms with E-state index in [1.54, 1.807) is 21.3 Å². The van der Waals surface area contributed by atoms with Gasteiger partial charge in [0.05, 0.1) is 14.2 Å². The van der Waals surface area contributed by atoms with Gasteiger partial charge in [-0.1, -0.05) is 0 Å². The second-order valence-electron chi connectivity index (χ2n) is 7.13. The first-order valence-corrected chi connectivity index (χ1v) is 9.91. The molecule has 1 atom stereocenters. The van der Waals surface area contributed by atoms with Crippen LogP contribution in [0.25, 0.3) is 0 Å². The van der Waals surface area contributed by atoms with E-state index in [2.05, 4.69) is 20.5 Å². The standard InChI is InChI=1S/C22H28F2N4O2/c1-25-22(26-8-6-15-10-16(23)4-5-21(15)24)27-17-7-9-28(14-17)18-11-19(29-2)13-20(12-18)30-3/h4-5,10-13,17H,6-9,14H2,1-3H3,(H2,25,26,27). The predicted octanol–water partition coefficient (Wildman–Crippen LogP) is 2.97. The maximum Gasteiger partial charge on any atom is 0.191 e. The molecule has 1 aliphatic heterocycles. The molecule has 1 aliphatic rings.